The first-order chi connectivity index (χ1) is 15.3. The highest BCUT2D eigenvalue weighted by Crippen LogP contribution is 2.62. The van der Waals surface area contributed by atoms with Crippen LogP contribution in [0.4, 0.5) is 5.69 Å². The number of carbonyl (C=O) groups is 2. The summed E-state index contributed by atoms with van der Waals surface area (Å²) >= 11 is 0. The molecule has 2 unspecified atom stereocenters. The second kappa shape index (κ2) is 6.91. The van der Waals surface area contributed by atoms with E-state index in [2.05, 4.69) is 5.32 Å². The number of fused-ring (bicyclic) bond motifs is 1. The summed E-state index contributed by atoms with van der Waals surface area (Å²) in [4.78, 5) is 26.0. The number of benzene rings is 3. The molecule has 3 aromatic rings. The van der Waals surface area contributed by atoms with Crippen LogP contribution in [0.1, 0.15) is 22.3 Å². The standard InChI is InChI=1S/C25H21NO6/c1-32-15-12-10-14(11-13-15)26-22(27)20-21(23(28)29)25(31)18-8-4-2-6-16(18)24(20,30)17-7-3-5-9-19(17)25/h2-13,20-21,30-31H,1H3,(H,26,27)(H,28,29). The Balaban J connectivity index is 1.71. The molecule has 7 nitrogen and oxygen atoms in total. The van der Waals surface area contributed by atoms with Gasteiger partial charge in [-0.1, -0.05) is 48.5 Å². The molecule has 0 aliphatic heterocycles. The molecule has 0 aromatic heterocycles. The van der Waals surface area contributed by atoms with Crippen molar-refractivity contribution >= 4 is 17.6 Å². The molecular weight excluding hydrogens is 410 g/mol. The number of anilines is 1. The van der Waals surface area contributed by atoms with Crippen molar-refractivity contribution in [2.24, 2.45) is 11.8 Å². The minimum Gasteiger partial charge on any atom is -0.497 e. The van der Waals surface area contributed by atoms with Crippen molar-refractivity contribution in [3.63, 3.8) is 0 Å². The lowest BCUT2D eigenvalue weighted by Gasteiger charge is -2.57. The first kappa shape index (κ1) is 20.2. The molecule has 2 atom stereocenters. The number of carboxylic acids is 1. The van der Waals surface area contributed by atoms with Crippen molar-refractivity contribution < 1.29 is 29.6 Å². The monoisotopic (exact) mass is 431 g/mol. The molecule has 0 saturated heterocycles. The van der Waals surface area contributed by atoms with E-state index < -0.39 is 34.9 Å². The predicted octanol–water partition coefficient (Wildman–Crippen LogP) is 2.45. The van der Waals surface area contributed by atoms with Gasteiger partial charge in [0, 0.05) is 5.69 Å². The van der Waals surface area contributed by atoms with Crippen molar-refractivity contribution in [2.75, 3.05) is 12.4 Å². The number of rotatable bonds is 4. The predicted molar refractivity (Wildman–Crippen MR) is 115 cm³/mol. The van der Waals surface area contributed by atoms with Crippen LogP contribution in [0.25, 0.3) is 0 Å². The summed E-state index contributed by atoms with van der Waals surface area (Å²) in [6, 6.07) is 19.7. The molecule has 4 N–H and O–H groups in total. The van der Waals surface area contributed by atoms with E-state index in [1.807, 2.05) is 0 Å². The smallest absolute Gasteiger partial charge is 0.311 e. The second-order valence-corrected chi connectivity index (χ2v) is 8.14. The van der Waals surface area contributed by atoms with E-state index in [1.54, 1.807) is 72.8 Å². The van der Waals surface area contributed by atoms with Gasteiger partial charge in [-0.15, -0.1) is 0 Å². The van der Waals surface area contributed by atoms with Crippen LogP contribution in [0.15, 0.2) is 72.8 Å². The maximum Gasteiger partial charge on any atom is 0.311 e. The van der Waals surface area contributed by atoms with Crippen LogP contribution in [0.5, 0.6) is 5.75 Å². The van der Waals surface area contributed by atoms with Gasteiger partial charge in [-0.25, -0.2) is 0 Å². The first-order valence-corrected chi connectivity index (χ1v) is 10.2. The van der Waals surface area contributed by atoms with Crippen LogP contribution in [0.2, 0.25) is 0 Å². The van der Waals surface area contributed by atoms with Gasteiger partial charge in [0.1, 0.15) is 22.9 Å². The topological polar surface area (TPSA) is 116 Å². The fourth-order valence-electron chi connectivity index (χ4n) is 5.30. The van der Waals surface area contributed by atoms with Crippen molar-refractivity contribution in [3.8, 4) is 5.75 Å². The fourth-order valence-corrected chi connectivity index (χ4v) is 5.30. The number of methoxy groups -OCH3 is 1. The number of carboxylic acid groups (broad SMARTS) is 1. The lowest BCUT2D eigenvalue weighted by atomic mass is 9.49. The third-order valence-electron chi connectivity index (χ3n) is 6.64. The Kier molecular flexibility index (Phi) is 4.37. The molecule has 0 heterocycles. The molecular formula is C25H21NO6. The number of nitrogens with one attached hydrogen (secondary N) is 1. The third-order valence-corrected chi connectivity index (χ3v) is 6.64. The van der Waals surface area contributed by atoms with Gasteiger partial charge >= 0.3 is 5.97 Å². The number of carbonyl (C=O) groups excluding carboxylic acids is 1. The van der Waals surface area contributed by atoms with E-state index >= 15 is 0 Å². The van der Waals surface area contributed by atoms with Crippen LogP contribution in [0.3, 0.4) is 0 Å². The first-order valence-electron chi connectivity index (χ1n) is 10.2. The van der Waals surface area contributed by atoms with E-state index in [4.69, 9.17) is 4.74 Å². The largest absolute Gasteiger partial charge is 0.497 e. The summed E-state index contributed by atoms with van der Waals surface area (Å²) in [7, 11) is 1.52. The van der Waals surface area contributed by atoms with Gasteiger partial charge in [-0.3, -0.25) is 9.59 Å². The number of aliphatic hydroxyl groups is 2. The quantitative estimate of drug-likeness (QED) is 0.504. The highest BCUT2D eigenvalue weighted by Gasteiger charge is 2.69. The average molecular weight is 431 g/mol. The summed E-state index contributed by atoms with van der Waals surface area (Å²) in [5.74, 6) is -4.55. The molecule has 162 valence electrons. The van der Waals surface area contributed by atoms with E-state index in [0.29, 0.717) is 33.7 Å². The second-order valence-electron chi connectivity index (χ2n) is 8.14. The van der Waals surface area contributed by atoms with Crippen LogP contribution in [-0.2, 0) is 20.8 Å². The Morgan fingerprint density at radius 2 is 1.22 bits per heavy atom. The highest BCUT2D eigenvalue weighted by atomic mass is 16.5. The zero-order valence-electron chi connectivity index (χ0n) is 17.1. The maximum absolute atomic E-state index is 13.5. The molecule has 0 radical (unpaired) electrons. The molecule has 7 heteroatoms. The zero-order chi connectivity index (χ0) is 22.7. The van der Waals surface area contributed by atoms with Gasteiger partial charge in [0.15, 0.2) is 0 Å². The fraction of sp³-hybridized carbons (Fsp3) is 0.200. The molecule has 3 aliphatic carbocycles. The Hall–Kier alpha value is -3.68. The SMILES string of the molecule is COc1ccc(NC(=O)C2C(C(=O)O)C3(O)c4ccccc4C2(O)c2ccccc23)cc1. The number of amides is 1. The van der Waals surface area contributed by atoms with Crippen molar-refractivity contribution in [1.82, 2.24) is 0 Å². The molecule has 2 bridgehead atoms. The lowest BCUT2D eigenvalue weighted by molar-refractivity contribution is -0.178. The van der Waals surface area contributed by atoms with Gasteiger partial charge in [0.25, 0.3) is 0 Å². The number of hydrogen-bond donors (Lipinski definition) is 4. The van der Waals surface area contributed by atoms with Crippen molar-refractivity contribution in [1.29, 1.82) is 0 Å². The van der Waals surface area contributed by atoms with Crippen LogP contribution >= 0.6 is 0 Å². The van der Waals surface area contributed by atoms with E-state index in [9.17, 15) is 24.9 Å². The third kappa shape index (κ3) is 2.49. The number of ether oxygens (including phenoxy) is 1. The molecule has 0 saturated carbocycles. The minimum atomic E-state index is -1.98. The summed E-state index contributed by atoms with van der Waals surface area (Å²) < 4.78 is 5.12. The molecule has 6 rings (SSSR count). The van der Waals surface area contributed by atoms with Gasteiger partial charge in [-0.05, 0) is 46.5 Å². The van der Waals surface area contributed by atoms with E-state index in [1.165, 1.54) is 7.11 Å². The maximum atomic E-state index is 13.5. The summed E-state index contributed by atoms with van der Waals surface area (Å²) in [5.41, 5.74) is -2.26. The van der Waals surface area contributed by atoms with Crippen LogP contribution in [0, 0.1) is 11.8 Å². The zero-order valence-corrected chi connectivity index (χ0v) is 17.1. The Bertz CT molecular complexity index is 1190. The number of aliphatic carboxylic acids is 1. The molecule has 1 amide bonds. The summed E-state index contributed by atoms with van der Waals surface area (Å²) in [6.07, 6.45) is 0. The lowest BCUT2D eigenvalue weighted by Crippen LogP contribution is -2.65. The molecule has 32 heavy (non-hydrogen) atoms. The molecule has 0 fully saturated rings. The number of hydrogen-bond acceptors (Lipinski definition) is 5. The van der Waals surface area contributed by atoms with E-state index in [-0.39, 0.29) is 0 Å². The van der Waals surface area contributed by atoms with Gasteiger partial charge in [0.05, 0.1) is 13.0 Å². The highest BCUT2D eigenvalue weighted by molar-refractivity contribution is 5.98. The minimum absolute atomic E-state index is 0.294. The Morgan fingerprint density at radius 1 is 0.781 bits per heavy atom. The summed E-state index contributed by atoms with van der Waals surface area (Å²) in [5, 5.41) is 36.9. The summed E-state index contributed by atoms with van der Waals surface area (Å²) in [6.45, 7) is 0. The molecule has 0 spiro atoms. The average Bonchev–Trinajstić information content (AvgIpc) is 2.81. The normalized spacial score (nSPS) is 27.2. The van der Waals surface area contributed by atoms with Crippen LogP contribution in [-0.4, -0.2) is 34.3 Å². The van der Waals surface area contributed by atoms with Crippen molar-refractivity contribution in [2.45, 2.75) is 11.2 Å². The van der Waals surface area contributed by atoms with Crippen LogP contribution < -0.4 is 10.1 Å². The van der Waals surface area contributed by atoms with Gasteiger partial charge < -0.3 is 25.4 Å². The molecule has 3 aliphatic rings. The van der Waals surface area contributed by atoms with Gasteiger partial charge in [-0.2, -0.15) is 0 Å². The Labute approximate surface area is 183 Å². The van der Waals surface area contributed by atoms with Crippen molar-refractivity contribution in [3.05, 3.63) is 95.1 Å². The molecule has 3 aromatic carbocycles. The Morgan fingerprint density at radius 3 is 1.62 bits per heavy atom. The van der Waals surface area contributed by atoms with Gasteiger partial charge in [0.2, 0.25) is 5.91 Å². The van der Waals surface area contributed by atoms with E-state index in [0.717, 1.165) is 0 Å².